The normalized spacial score (nSPS) is 12.3. The van der Waals surface area contributed by atoms with Crippen molar-refractivity contribution in [1.82, 2.24) is 0 Å². The Morgan fingerprint density at radius 2 is 1.64 bits per heavy atom. The molecule has 176 valence electrons. The number of carbonyl (C=O) groups is 4. The zero-order valence-corrected chi connectivity index (χ0v) is 18.6. The van der Waals surface area contributed by atoms with Crippen LogP contribution in [-0.2, 0) is 30.3 Å². The average Bonchev–Trinajstić information content (AvgIpc) is 2.79. The highest BCUT2D eigenvalue weighted by atomic mass is 16.6. The quantitative estimate of drug-likeness (QED) is 0.385. The molecule has 0 unspecified atom stereocenters. The van der Waals surface area contributed by atoms with E-state index in [0.717, 1.165) is 5.56 Å². The van der Waals surface area contributed by atoms with Gasteiger partial charge in [0.25, 0.3) is 0 Å². The average molecular weight is 456 g/mol. The first-order valence-electron chi connectivity index (χ1n) is 10.5. The number of rotatable bonds is 11. The van der Waals surface area contributed by atoms with Crippen molar-refractivity contribution in [3.8, 4) is 0 Å². The van der Waals surface area contributed by atoms with E-state index in [1.54, 1.807) is 13.0 Å². The van der Waals surface area contributed by atoms with Gasteiger partial charge in [0.2, 0.25) is 0 Å². The van der Waals surface area contributed by atoms with Crippen LogP contribution in [0.1, 0.15) is 36.2 Å². The molecule has 0 aliphatic rings. The summed E-state index contributed by atoms with van der Waals surface area (Å²) in [6.45, 7) is 2.56. The van der Waals surface area contributed by atoms with Gasteiger partial charge in [-0.05, 0) is 44.4 Å². The maximum absolute atomic E-state index is 12.9. The molecule has 2 aromatic carbocycles. The molecular weight excluding hydrogens is 428 g/mol. The van der Waals surface area contributed by atoms with E-state index in [2.05, 4.69) is 0 Å². The van der Waals surface area contributed by atoms with Gasteiger partial charge in [-0.1, -0.05) is 42.5 Å². The molecule has 2 atom stereocenters. The Morgan fingerprint density at radius 1 is 1.00 bits per heavy atom. The van der Waals surface area contributed by atoms with Crippen LogP contribution in [0.5, 0.6) is 0 Å². The molecule has 3 N–H and O–H groups in total. The fourth-order valence-electron chi connectivity index (χ4n) is 3.23. The van der Waals surface area contributed by atoms with Crippen LogP contribution >= 0.6 is 0 Å². The van der Waals surface area contributed by atoms with Gasteiger partial charge < -0.3 is 25.2 Å². The van der Waals surface area contributed by atoms with Crippen molar-refractivity contribution in [1.29, 1.82) is 0 Å². The summed E-state index contributed by atoms with van der Waals surface area (Å²) < 4.78 is 10.0. The number of aryl methyl sites for hydroxylation is 1. The van der Waals surface area contributed by atoms with Gasteiger partial charge in [-0.25, -0.2) is 19.2 Å². The number of anilines is 1. The lowest BCUT2D eigenvalue weighted by Crippen LogP contribution is -2.47. The first-order chi connectivity index (χ1) is 15.7. The minimum atomic E-state index is -1.23. The standard InChI is InChI=1S/C24H28N2O7/c1-3-32-24(31)20(14-13-17-9-5-4-6-10-17)26(15-21(27)33-23(30)16(2)25)19-12-8-7-11-18(19)22(28)29/h4-12,16,20H,3,13-15,25H2,1-2H3,(H,28,29)/t16-,20-/m0/s1. The summed E-state index contributed by atoms with van der Waals surface area (Å²) >= 11 is 0. The van der Waals surface area contributed by atoms with Crippen molar-refractivity contribution in [2.75, 3.05) is 18.1 Å². The number of aromatic carboxylic acids is 1. The van der Waals surface area contributed by atoms with Gasteiger partial charge in [-0.3, -0.25) is 0 Å². The third-order valence-corrected chi connectivity index (χ3v) is 4.81. The van der Waals surface area contributed by atoms with Crippen LogP contribution in [0.3, 0.4) is 0 Å². The highest BCUT2D eigenvalue weighted by Gasteiger charge is 2.32. The van der Waals surface area contributed by atoms with E-state index in [1.807, 2.05) is 30.3 Å². The summed E-state index contributed by atoms with van der Waals surface area (Å²) in [6, 6.07) is 13.3. The predicted molar refractivity (Wildman–Crippen MR) is 121 cm³/mol. The summed E-state index contributed by atoms with van der Waals surface area (Å²) in [5, 5.41) is 9.67. The number of hydrogen-bond donors (Lipinski definition) is 2. The third kappa shape index (κ3) is 7.43. The fraction of sp³-hybridized carbons (Fsp3) is 0.333. The number of nitrogens with two attached hydrogens (primary N) is 1. The Labute approximate surface area is 192 Å². The minimum Gasteiger partial charge on any atom is -0.478 e. The second kappa shape index (κ2) is 12.4. The summed E-state index contributed by atoms with van der Waals surface area (Å²) in [4.78, 5) is 50.4. The van der Waals surface area contributed by atoms with Crippen LogP contribution in [0.2, 0.25) is 0 Å². The molecule has 0 fully saturated rings. The summed E-state index contributed by atoms with van der Waals surface area (Å²) in [5.41, 5.74) is 6.42. The Hall–Kier alpha value is -3.72. The molecule has 9 heteroatoms. The van der Waals surface area contributed by atoms with Gasteiger partial charge in [0.05, 0.1) is 17.9 Å². The molecule has 0 heterocycles. The Bertz CT molecular complexity index is 976. The van der Waals surface area contributed by atoms with E-state index in [0.29, 0.717) is 6.42 Å². The predicted octanol–water partition coefficient (Wildman–Crippen LogP) is 2.17. The molecule has 0 bridgehead atoms. The van der Waals surface area contributed by atoms with Crippen molar-refractivity contribution >= 4 is 29.6 Å². The number of ether oxygens (including phenoxy) is 2. The molecule has 0 aliphatic carbocycles. The summed E-state index contributed by atoms with van der Waals surface area (Å²) in [7, 11) is 0. The first-order valence-corrected chi connectivity index (χ1v) is 10.5. The van der Waals surface area contributed by atoms with Crippen molar-refractivity contribution in [2.45, 2.75) is 38.8 Å². The van der Waals surface area contributed by atoms with Crippen molar-refractivity contribution < 1.29 is 33.8 Å². The third-order valence-electron chi connectivity index (χ3n) is 4.81. The van der Waals surface area contributed by atoms with Crippen molar-refractivity contribution in [3.63, 3.8) is 0 Å². The number of hydrogen-bond acceptors (Lipinski definition) is 8. The number of benzene rings is 2. The number of carboxylic acids is 1. The van der Waals surface area contributed by atoms with Crippen molar-refractivity contribution in [3.05, 3.63) is 65.7 Å². The molecule has 0 spiro atoms. The maximum Gasteiger partial charge on any atom is 0.337 e. The zero-order chi connectivity index (χ0) is 24.4. The highest BCUT2D eigenvalue weighted by Crippen LogP contribution is 2.25. The van der Waals surface area contributed by atoms with E-state index < -0.39 is 42.5 Å². The van der Waals surface area contributed by atoms with Crippen LogP contribution < -0.4 is 10.6 Å². The molecule has 9 nitrogen and oxygen atoms in total. The van der Waals surface area contributed by atoms with E-state index in [1.165, 1.54) is 30.0 Å². The molecule has 0 amide bonds. The van der Waals surface area contributed by atoms with Crippen LogP contribution in [0.4, 0.5) is 5.69 Å². The molecule has 0 aromatic heterocycles. The SMILES string of the molecule is CCOC(=O)[C@H](CCc1ccccc1)N(CC(=O)OC(=O)[C@H](C)N)c1ccccc1C(=O)O. The zero-order valence-electron chi connectivity index (χ0n) is 18.6. The minimum absolute atomic E-state index is 0.0999. The molecule has 0 saturated heterocycles. The number of para-hydroxylation sites is 1. The Kier molecular flexibility index (Phi) is 9.56. The Morgan fingerprint density at radius 3 is 2.24 bits per heavy atom. The molecule has 33 heavy (non-hydrogen) atoms. The lowest BCUT2D eigenvalue weighted by molar-refractivity contribution is -0.159. The lowest BCUT2D eigenvalue weighted by atomic mass is 10.0. The van der Waals surface area contributed by atoms with Crippen LogP contribution in [0.25, 0.3) is 0 Å². The molecule has 2 rings (SSSR count). The topological polar surface area (TPSA) is 136 Å². The lowest BCUT2D eigenvalue weighted by Gasteiger charge is -2.32. The number of carbonyl (C=O) groups excluding carboxylic acids is 3. The van der Waals surface area contributed by atoms with Gasteiger partial charge >= 0.3 is 23.9 Å². The molecule has 0 radical (unpaired) electrons. The smallest absolute Gasteiger partial charge is 0.337 e. The first kappa shape index (κ1) is 25.5. The van der Waals surface area contributed by atoms with Crippen LogP contribution in [-0.4, -0.2) is 54.2 Å². The number of esters is 3. The van der Waals surface area contributed by atoms with Crippen molar-refractivity contribution in [2.24, 2.45) is 5.73 Å². The maximum atomic E-state index is 12.9. The Balaban J connectivity index is 2.45. The second-order valence-corrected chi connectivity index (χ2v) is 7.32. The molecule has 0 aliphatic heterocycles. The fourth-order valence-corrected chi connectivity index (χ4v) is 3.23. The largest absolute Gasteiger partial charge is 0.478 e. The van der Waals surface area contributed by atoms with Gasteiger partial charge in [-0.15, -0.1) is 0 Å². The number of carboxylic acid groups (broad SMARTS) is 1. The van der Waals surface area contributed by atoms with Gasteiger partial charge in [0, 0.05) is 0 Å². The molecule has 2 aromatic rings. The van der Waals surface area contributed by atoms with Gasteiger partial charge in [-0.2, -0.15) is 0 Å². The summed E-state index contributed by atoms with van der Waals surface area (Å²) in [5.74, 6) is -3.75. The number of nitrogens with zero attached hydrogens (tertiary/aromatic N) is 1. The monoisotopic (exact) mass is 456 g/mol. The van der Waals surface area contributed by atoms with E-state index in [-0.39, 0.29) is 24.3 Å². The van der Waals surface area contributed by atoms with E-state index in [9.17, 15) is 24.3 Å². The molecule has 0 saturated carbocycles. The molecular formula is C24H28N2O7. The van der Waals surface area contributed by atoms with Gasteiger partial charge in [0.15, 0.2) is 0 Å². The van der Waals surface area contributed by atoms with E-state index >= 15 is 0 Å². The van der Waals surface area contributed by atoms with Crippen LogP contribution in [0.15, 0.2) is 54.6 Å². The van der Waals surface area contributed by atoms with Gasteiger partial charge in [0.1, 0.15) is 18.6 Å². The summed E-state index contributed by atoms with van der Waals surface area (Å²) in [6.07, 6.45) is 0.690. The highest BCUT2D eigenvalue weighted by molar-refractivity contribution is 5.97. The van der Waals surface area contributed by atoms with Crippen LogP contribution in [0, 0.1) is 0 Å². The van der Waals surface area contributed by atoms with E-state index in [4.69, 9.17) is 15.2 Å². The second-order valence-electron chi connectivity index (χ2n) is 7.32.